The Bertz CT molecular complexity index is 730. The number of hydrogen-bond acceptors (Lipinski definition) is 2. The van der Waals surface area contributed by atoms with Gasteiger partial charge in [0.2, 0.25) is 0 Å². The maximum Gasteiger partial charge on any atom is 0.169 e. The number of pyridine rings is 1. The van der Waals surface area contributed by atoms with E-state index in [2.05, 4.69) is 42.9 Å². The maximum atomic E-state index is 6.12. The first-order valence-corrected chi connectivity index (χ1v) is 10.7. The minimum atomic E-state index is 0.244. The molecule has 0 saturated heterocycles. The van der Waals surface area contributed by atoms with E-state index in [1.165, 1.54) is 37.1 Å². The van der Waals surface area contributed by atoms with Crippen molar-refractivity contribution in [2.75, 3.05) is 26.2 Å². The van der Waals surface area contributed by atoms with Gasteiger partial charge >= 0.3 is 0 Å². The Kier molecular flexibility index (Phi) is 9.23. The van der Waals surface area contributed by atoms with Gasteiger partial charge in [0.1, 0.15) is 6.61 Å². The number of nitrogens with zero attached hydrogens (tertiary/aromatic N) is 3. The molecule has 1 heterocycles. The Morgan fingerprint density at radius 3 is 2.18 bits per heavy atom. The molecule has 2 aromatic rings. The highest BCUT2D eigenvalue weighted by Gasteiger charge is 2.20. The minimum absolute atomic E-state index is 0.244. The summed E-state index contributed by atoms with van der Waals surface area (Å²) in [5, 5.41) is 5.19. The summed E-state index contributed by atoms with van der Waals surface area (Å²) in [5.41, 5.74) is 1.73. The van der Waals surface area contributed by atoms with Gasteiger partial charge in [0.05, 0.1) is 38.8 Å². The summed E-state index contributed by atoms with van der Waals surface area (Å²) < 4.78 is 3.41. The molecule has 0 spiro atoms. The molecule has 0 amide bonds. The second-order valence-electron chi connectivity index (χ2n) is 6.94. The van der Waals surface area contributed by atoms with Gasteiger partial charge in [-0.3, -0.25) is 0 Å². The lowest BCUT2D eigenvalue weighted by atomic mass is 10.2. The molecule has 4 nitrogen and oxygen atoms in total. The van der Waals surface area contributed by atoms with Crippen LogP contribution in [0.4, 0.5) is 0 Å². The Balaban J connectivity index is 1.81. The van der Waals surface area contributed by atoms with Gasteiger partial charge in [-0.2, -0.15) is 0 Å². The van der Waals surface area contributed by atoms with Crippen LogP contribution in [0.3, 0.4) is 0 Å². The number of hydrogen-bond donors (Lipinski definition) is 0. The third-order valence-corrected chi connectivity index (χ3v) is 6.23. The Hall–Kier alpha value is -1.62. The number of halogens is 2. The number of oxime groups is 1. The molecule has 0 fully saturated rings. The number of aryl methyl sites for hydroxylation is 1. The van der Waals surface area contributed by atoms with Crippen molar-refractivity contribution in [1.82, 2.24) is 0 Å². The van der Waals surface area contributed by atoms with E-state index in [0.717, 1.165) is 17.7 Å². The zero-order chi connectivity index (χ0) is 20.4. The molecular weight excluding hydrogens is 393 g/mol. The van der Waals surface area contributed by atoms with E-state index in [4.69, 9.17) is 28.0 Å². The van der Waals surface area contributed by atoms with Gasteiger partial charge in [-0.1, -0.05) is 34.4 Å². The Labute approximate surface area is 178 Å². The fourth-order valence-corrected chi connectivity index (χ4v) is 3.81. The third-order valence-electron chi connectivity index (χ3n) is 5.53. The van der Waals surface area contributed by atoms with Crippen molar-refractivity contribution in [3.63, 3.8) is 0 Å². The van der Waals surface area contributed by atoms with Crippen molar-refractivity contribution in [3.8, 4) is 0 Å². The predicted molar refractivity (Wildman–Crippen MR) is 117 cm³/mol. The van der Waals surface area contributed by atoms with Crippen LogP contribution in [0.25, 0.3) is 0 Å². The van der Waals surface area contributed by atoms with Crippen molar-refractivity contribution in [2.45, 2.75) is 40.3 Å². The van der Waals surface area contributed by atoms with Crippen molar-refractivity contribution < 1.29 is 13.9 Å². The van der Waals surface area contributed by atoms with Gasteiger partial charge in [0.25, 0.3) is 0 Å². The molecule has 1 aromatic heterocycles. The molecule has 0 bridgehead atoms. The van der Waals surface area contributed by atoms with Crippen LogP contribution < -0.4 is 4.57 Å². The van der Waals surface area contributed by atoms with Crippen molar-refractivity contribution >= 4 is 29.4 Å². The predicted octanol–water partition coefficient (Wildman–Crippen LogP) is 5.10. The second kappa shape index (κ2) is 11.4. The topological polar surface area (TPSA) is 25.5 Å². The first-order valence-electron chi connectivity index (χ1n) is 9.96. The number of rotatable bonds is 11. The van der Waals surface area contributed by atoms with Gasteiger partial charge in [0.15, 0.2) is 18.9 Å². The molecule has 152 valence electrons. The number of benzene rings is 1. The summed E-state index contributed by atoms with van der Waals surface area (Å²) >= 11 is 12.2. The molecule has 0 aliphatic heterocycles. The highest BCUT2D eigenvalue weighted by atomic mass is 35.5. The summed E-state index contributed by atoms with van der Waals surface area (Å²) in [6.45, 7) is 13.0. The average molecular weight is 424 g/mol. The summed E-state index contributed by atoms with van der Waals surface area (Å²) in [6.07, 6.45) is 7.05. The van der Waals surface area contributed by atoms with Crippen LogP contribution in [-0.4, -0.2) is 36.9 Å². The Morgan fingerprint density at radius 2 is 1.61 bits per heavy atom. The van der Waals surface area contributed by atoms with Crippen molar-refractivity contribution in [1.29, 1.82) is 0 Å². The second-order valence-corrected chi connectivity index (χ2v) is 7.76. The Morgan fingerprint density at radius 1 is 1.00 bits per heavy atom. The molecule has 2 rings (SSSR count). The molecule has 0 N–H and O–H groups in total. The fourth-order valence-electron chi connectivity index (χ4n) is 3.31. The standard InChI is InChI=1S/C22H31Cl2N3O/c1-4-27(5-2,6-3)16-8-13-26-14-11-19(12-15-26)17-25-28-18-20-21(23)9-7-10-22(20)24/h7,9-12,14-15,17H,4-6,8,13,16,18H2,1-3H3/q+2/b25-17+. The SMILES string of the molecule is CC[N+](CC)(CC)CCC[n+]1ccc(/C=N/OCc2c(Cl)cccc2Cl)cc1. The van der Waals surface area contributed by atoms with E-state index >= 15 is 0 Å². The molecule has 0 atom stereocenters. The van der Waals surface area contributed by atoms with Crippen molar-refractivity contribution in [3.05, 3.63) is 63.9 Å². The first kappa shape index (κ1) is 22.7. The van der Waals surface area contributed by atoms with Crippen LogP contribution >= 0.6 is 23.2 Å². The van der Waals surface area contributed by atoms with E-state index in [1.54, 1.807) is 18.3 Å². The lowest BCUT2D eigenvalue weighted by Gasteiger charge is -2.35. The normalized spacial score (nSPS) is 11.9. The average Bonchev–Trinajstić information content (AvgIpc) is 2.72. The van der Waals surface area contributed by atoms with Crippen LogP contribution in [0.2, 0.25) is 10.0 Å². The molecule has 0 unspecified atom stereocenters. The maximum absolute atomic E-state index is 6.12. The summed E-state index contributed by atoms with van der Waals surface area (Å²) in [6, 6.07) is 9.46. The monoisotopic (exact) mass is 423 g/mol. The van der Waals surface area contributed by atoms with E-state index < -0.39 is 0 Å². The smallest absolute Gasteiger partial charge is 0.169 e. The molecule has 0 aliphatic rings. The number of aromatic nitrogens is 1. The molecular formula is C22H31Cl2N3O+2. The van der Waals surface area contributed by atoms with Gasteiger partial charge in [0, 0.05) is 33.3 Å². The summed E-state index contributed by atoms with van der Waals surface area (Å²) in [4.78, 5) is 5.35. The highest BCUT2D eigenvalue weighted by molar-refractivity contribution is 6.35. The van der Waals surface area contributed by atoms with E-state index in [9.17, 15) is 0 Å². The summed E-state index contributed by atoms with van der Waals surface area (Å²) in [7, 11) is 0. The van der Waals surface area contributed by atoms with E-state index in [1.807, 2.05) is 18.2 Å². The van der Waals surface area contributed by atoms with Crippen LogP contribution in [0, 0.1) is 0 Å². The zero-order valence-corrected chi connectivity index (χ0v) is 18.6. The zero-order valence-electron chi connectivity index (χ0n) is 17.1. The molecule has 6 heteroatoms. The molecule has 28 heavy (non-hydrogen) atoms. The minimum Gasteiger partial charge on any atom is -0.391 e. The quantitative estimate of drug-likeness (QED) is 0.213. The van der Waals surface area contributed by atoms with Gasteiger partial charge in [-0.15, -0.1) is 0 Å². The van der Waals surface area contributed by atoms with Crippen LogP contribution in [-0.2, 0) is 18.0 Å². The first-order chi connectivity index (χ1) is 13.5. The van der Waals surface area contributed by atoms with Gasteiger partial charge in [-0.25, -0.2) is 4.57 Å². The van der Waals surface area contributed by atoms with Crippen LogP contribution in [0.1, 0.15) is 38.3 Å². The van der Waals surface area contributed by atoms with Crippen LogP contribution in [0.5, 0.6) is 0 Å². The van der Waals surface area contributed by atoms with E-state index in [0.29, 0.717) is 10.0 Å². The fraction of sp³-hybridized carbons (Fsp3) is 0.455. The number of quaternary nitrogens is 1. The summed E-state index contributed by atoms with van der Waals surface area (Å²) in [5.74, 6) is 0. The molecule has 0 radical (unpaired) electrons. The van der Waals surface area contributed by atoms with Gasteiger partial charge in [-0.05, 0) is 32.9 Å². The molecule has 1 aromatic carbocycles. The highest BCUT2D eigenvalue weighted by Crippen LogP contribution is 2.24. The lowest BCUT2D eigenvalue weighted by molar-refractivity contribution is -0.925. The largest absolute Gasteiger partial charge is 0.391 e. The van der Waals surface area contributed by atoms with Crippen molar-refractivity contribution in [2.24, 2.45) is 5.16 Å². The van der Waals surface area contributed by atoms with Crippen LogP contribution in [0.15, 0.2) is 47.9 Å². The molecule has 0 aliphatic carbocycles. The van der Waals surface area contributed by atoms with E-state index in [-0.39, 0.29) is 6.61 Å². The van der Waals surface area contributed by atoms with Gasteiger partial charge < -0.3 is 9.32 Å². The lowest BCUT2D eigenvalue weighted by Crippen LogP contribution is -2.49. The molecule has 0 saturated carbocycles. The third kappa shape index (κ3) is 6.47.